The van der Waals surface area contributed by atoms with E-state index in [0.29, 0.717) is 0 Å². The number of fused-ring (bicyclic) bond motifs is 2. The van der Waals surface area contributed by atoms with Crippen LogP contribution in [0.1, 0.15) is 11.1 Å². The van der Waals surface area contributed by atoms with E-state index in [4.69, 9.17) is 0 Å². The van der Waals surface area contributed by atoms with Crippen molar-refractivity contribution in [2.45, 2.75) is 9.79 Å². The van der Waals surface area contributed by atoms with E-state index < -0.39 is 51.6 Å². The minimum atomic E-state index is -5.04. The Balaban J connectivity index is 1.89. The molecule has 0 saturated heterocycles. The van der Waals surface area contributed by atoms with Crippen LogP contribution in [-0.2, 0) is 35.1 Å². The van der Waals surface area contributed by atoms with Crippen LogP contribution in [0, 0.1) is 0 Å². The number of anilines is 1. The van der Waals surface area contributed by atoms with Crippen LogP contribution in [-0.4, -0.2) is 50.4 Å². The Kier molecular flexibility index (Phi) is 5.87. The van der Waals surface area contributed by atoms with E-state index in [9.17, 15) is 43.7 Å². The first-order valence-corrected chi connectivity index (χ1v) is 13.7. The number of hydrogen-bond acceptors (Lipinski definition) is 9. The number of ketones is 1. The number of Topliss-reactive ketones (excluding diaryl/α,β-unsaturated/α-hetero) is 1. The van der Waals surface area contributed by atoms with E-state index in [1.165, 1.54) is 24.3 Å². The second-order valence-corrected chi connectivity index (χ2v) is 11.4. The van der Waals surface area contributed by atoms with Gasteiger partial charge in [-0.05, 0) is 35.9 Å². The lowest BCUT2D eigenvalue weighted by Crippen LogP contribution is -2.27. The third kappa shape index (κ3) is 4.72. The molecule has 0 bridgehead atoms. The van der Waals surface area contributed by atoms with Crippen molar-refractivity contribution in [3.8, 4) is 0 Å². The standard InChI is InChI=1S/C20H14N2O10S3/c23-20-18(35(30,31)32)10-11-9-12(33(24,25)26)5-6-13(11)19(20)22-21-16-7-8-17(34(27,28)29)15-4-2-1-3-14(15)16/h1-10,21H,(H,24,25,26)(H,27,28,29)(H,30,31,32)/b22-19+. The zero-order chi connectivity index (χ0) is 25.8. The molecule has 12 nitrogen and oxygen atoms in total. The van der Waals surface area contributed by atoms with Crippen LogP contribution in [0.2, 0.25) is 0 Å². The highest BCUT2D eigenvalue weighted by atomic mass is 32.2. The van der Waals surface area contributed by atoms with Gasteiger partial charge in [0, 0.05) is 16.3 Å². The summed E-state index contributed by atoms with van der Waals surface area (Å²) in [5.74, 6) is -1.20. The molecule has 4 N–H and O–H groups in total. The molecule has 1 aliphatic carbocycles. The average Bonchev–Trinajstić information content (AvgIpc) is 2.75. The van der Waals surface area contributed by atoms with E-state index in [0.717, 1.165) is 30.3 Å². The predicted octanol–water partition coefficient (Wildman–Crippen LogP) is 1.96. The van der Waals surface area contributed by atoms with Crippen molar-refractivity contribution < 1.29 is 43.7 Å². The molecular formula is C20H14N2O10S3. The normalized spacial score (nSPS) is 15.7. The molecule has 3 aromatic carbocycles. The van der Waals surface area contributed by atoms with Gasteiger partial charge in [-0.15, -0.1) is 0 Å². The Bertz CT molecular complexity index is 1810. The molecule has 3 aromatic rings. The number of carbonyl (C=O) groups is 1. The molecular weight excluding hydrogens is 524 g/mol. The zero-order valence-corrected chi connectivity index (χ0v) is 19.6. The first kappa shape index (κ1) is 24.6. The van der Waals surface area contributed by atoms with Gasteiger partial charge in [0.15, 0.2) is 0 Å². The molecule has 35 heavy (non-hydrogen) atoms. The third-order valence-electron chi connectivity index (χ3n) is 5.03. The Morgan fingerprint density at radius 2 is 1.40 bits per heavy atom. The number of nitrogens with zero attached hydrogens (tertiary/aromatic N) is 1. The first-order valence-electron chi connectivity index (χ1n) is 9.36. The van der Waals surface area contributed by atoms with Gasteiger partial charge < -0.3 is 0 Å². The molecule has 4 rings (SSSR count). The topological polar surface area (TPSA) is 205 Å². The van der Waals surface area contributed by atoms with Crippen molar-refractivity contribution in [2.24, 2.45) is 5.10 Å². The van der Waals surface area contributed by atoms with Gasteiger partial charge in [-0.3, -0.25) is 23.9 Å². The molecule has 0 saturated carbocycles. The maximum absolute atomic E-state index is 12.8. The van der Waals surface area contributed by atoms with Crippen LogP contribution < -0.4 is 5.43 Å². The van der Waals surface area contributed by atoms with Crippen LogP contribution in [0.15, 0.2) is 74.4 Å². The molecule has 0 spiro atoms. The quantitative estimate of drug-likeness (QED) is 0.273. The molecule has 0 aliphatic heterocycles. The number of allylic oxidation sites excluding steroid dienone is 1. The van der Waals surface area contributed by atoms with E-state index >= 15 is 0 Å². The monoisotopic (exact) mass is 538 g/mol. The first-order chi connectivity index (χ1) is 16.2. The number of nitrogens with one attached hydrogen (secondary N) is 1. The largest absolute Gasteiger partial charge is 0.298 e. The van der Waals surface area contributed by atoms with Crippen LogP contribution in [0.3, 0.4) is 0 Å². The van der Waals surface area contributed by atoms with Gasteiger partial charge in [0.05, 0.1) is 10.6 Å². The van der Waals surface area contributed by atoms with Crippen LogP contribution in [0.5, 0.6) is 0 Å². The third-order valence-corrected chi connectivity index (χ3v) is 7.65. The molecule has 0 radical (unpaired) electrons. The predicted molar refractivity (Wildman–Crippen MR) is 125 cm³/mol. The fourth-order valence-corrected chi connectivity index (χ4v) is 5.31. The lowest BCUT2D eigenvalue weighted by molar-refractivity contribution is -0.109. The Labute approximate surface area is 198 Å². The highest BCUT2D eigenvalue weighted by Crippen LogP contribution is 2.31. The number of hydrazone groups is 1. The van der Waals surface area contributed by atoms with Crippen molar-refractivity contribution in [2.75, 3.05) is 5.43 Å². The molecule has 0 fully saturated rings. The second-order valence-electron chi connectivity index (χ2n) is 7.24. The van der Waals surface area contributed by atoms with E-state index in [2.05, 4.69) is 10.5 Å². The van der Waals surface area contributed by atoms with Crippen LogP contribution in [0.25, 0.3) is 16.8 Å². The van der Waals surface area contributed by atoms with Gasteiger partial charge in [-0.25, -0.2) is 0 Å². The van der Waals surface area contributed by atoms with E-state index in [1.807, 2.05) is 0 Å². The fourth-order valence-electron chi connectivity index (χ4n) is 3.49. The minimum Gasteiger partial charge on any atom is -0.286 e. The van der Waals surface area contributed by atoms with Gasteiger partial charge in [-0.1, -0.05) is 30.3 Å². The Hall–Kier alpha value is -3.47. The lowest BCUT2D eigenvalue weighted by Gasteiger charge is -2.17. The number of benzene rings is 3. The second kappa shape index (κ2) is 8.33. The van der Waals surface area contributed by atoms with Crippen molar-refractivity contribution >= 4 is 64.4 Å². The summed E-state index contributed by atoms with van der Waals surface area (Å²) in [5, 5.41) is 4.36. The van der Waals surface area contributed by atoms with Gasteiger partial charge in [0.1, 0.15) is 15.5 Å². The van der Waals surface area contributed by atoms with E-state index in [-0.39, 0.29) is 32.5 Å². The van der Waals surface area contributed by atoms with E-state index in [1.54, 1.807) is 6.07 Å². The SMILES string of the molecule is O=C1C(S(=O)(=O)O)=Cc2cc(S(=O)(=O)O)ccc2/C1=N\Nc1ccc(S(=O)(=O)O)c2ccccc12. The highest BCUT2D eigenvalue weighted by Gasteiger charge is 2.33. The number of hydrogen-bond donors (Lipinski definition) is 4. The summed E-state index contributed by atoms with van der Waals surface area (Å²) in [6.07, 6.45) is 0.747. The summed E-state index contributed by atoms with van der Waals surface area (Å²) in [6, 6.07) is 11.4. The Morgan fingerprint density at radius 1 is 0.743 bits per heavy atom. The average molecular weight is 539 g/mol. The lowest BCUT2D eigenvalue weighted by atomic mass is 9.94. The summed E-state index contributed by atoms with van der Waals surface area (Å²) in [4.78, 5) is 10.8. The van der Waals surface area contributed by atoms with Gasteiger partial charge in [0.25, 0.3) is 30.4 Å². The molecule has 15 heteroatoms. The number of carbonyl (C=O) groups excluding carboxylic acids is 1. The van der Waals surface area contributed by atoms with Gasteiger partial charge in [-0.2, -0.15) is 30.4 Å². The maximum atomic E-state index is 12.8. The summed E-state index contributed by atoms with van der Waals surface area (Å²) in [7, 11) is -14.3. The van der Waals surface area contributed by atoms with Crippen molar-refractivity contribution in [1.82, 2.24) is 0 Å². The smallest absolute Gasteiger partial charge is 0.286 e. The summed E-state index contributed by atoms with van der Waals surface area (Å²) < 4.78 is 98.1. The summed E-state index contributed by atoms with van der Waals surface area (Å²) in [5.41, 5.74) is 2.05. The fraction of sp³-hybridized carbons (Fsp3) is 0. The molecule has 182 valence electrons. The molecule has 0 atom stereocenters. The highest BCUT2D eigenvalue weighted by molar-refractivity contribution is 7.91. The molecule has 0 unspecified atom stereocenters. The summed E-state index contributed by atoms with van der Waals surface area (Å²) >= 11 is 0. The Morgan fingerprint density at radius 3 is 2.00 bits per heavy atom. The number of rotatable bonds is 5. The van der Waals surface area contributed by atoms with Crippen molar-refractivity contribution in [1.29, 1.82) is 0 Å². The molecule has 0 amide bonds. The van der Waals surface area contributed by atoms with Crippen molar-refractivity contribution in [3.63, 3.8) is 0 Å². The van der Waals surface area contributed by atoms with Crippen LogP contribution in [0.4, 0.5) is 5.69 Å². The van der Waals surface area contributed by atoms with Crippen molar-refractivity contribution in [3.05, 3.63) is 70.6 Å². The van der Waals surface area contributed by atoms with Gasteiger partial charge >= 0.3 is 0 Å². The maximum Gasteiger partial charge on any atom is 0.298 e. The minimum absolute atomic E-state index is 0.0128. The molecule has 0 heterocycles. The molecule has 1 aliphatic rings. The molecule has 0 aromatic heterocycles. The summed E-state index contributed by atoms with van der Waals surface area (Å²) in [6.45, 7) is 0. The zero-order valence-electron chi connectivity index (χ0n) is 17.1. The van der Waals surface area contributed by atoms with Crippen LogP contribution >= 0.6 is 0 Å². The van der Waals surface area contributed by atoms with Gasteiger partial charge in [0.2, 0.25) is 5.78 Å².